The van der Waals surface area contributed by atoms with Crippen molar-refractivity contribution >= 4 is 33.2 Å². The molecule has 112 valence electrons. The number of nitrogens with zero attached hydrogens (tertiary/aromatic N) is 1. The summed E-state index contributed by atoms with van der Waals surface area (Å²) in [6, 6.07) is 15.0. The minimum atomic E-state index is -0.120. The van der Waals surface area contributed by atoms with Gasteiger partial charge >= 0.3 is 0 Å². The second-order valence-corrected chi connectivity index (χ2v) is 5.76. The Kier molecular flexibility index (Phi) is 5.56. The van der Waals surface area contributed by atoms with Crippen LogP contribution >= 0.6 is 15.9 Å². The Morgan fingerprint density at radius 2 is 2.00 bits per heavy atom. The predicted molar refractivity (Wildman–Crippen MR) is 91.8 cm³/mol. The number of nitrogens with one attached hydrogen (secondary N) is 2. The molecule has 1 amide bonds. The summed E-state index contributed by atoms with van der Waals surface area (Å²) < 4.78 is 1.03. The Balaban J connectivity index is 1.87. The first-order valence-corrected chi connectivity index (χ1v) is 7.68. The molecular weight excluding hydrogens is 342 g/mol. The average Bonchev–Trinajstić information content (AvgIpc) is 2.50. The van der Waals surface area contributed by atoms with Gasteiger partial charge in [-0.05, 0) is 42.8 Å². The third kappa shape index (κ3) is 4.34. The Morgan fingerprint density at radius 3 is 2.73 bits per heavy atom. The van der Waals surface area contributed by atoms with Gasteiger partial charge in [-0.25, -0.2) is 0 Å². The topological polar surface area (TPSA) is 64.9 Å². The molecule has 2 aromatic carbocycles. The summed E-state index contributed by atoms with van der Waals surface area (Å²) in [5.74, 6) is -0.120. The van der Waals surface area contributed by atoms with Gasteiger partial charge < -0.3 is 10.6 Å². The van der Waals surface area contributed by atoms with Crippen molar-refractivity contribution in [3.05, 3.63) is 58.1 Å². The maximum absolute atomic E-state index is 11.9. The summed E-state index contributed by atoms with van der Waals surface area (Å²) in [5, 5.41) is 15.0. The monoisotopic (exact) mass is 357 g/mol. The first-order valence-electron chi connectivity index (χ1n) is 6.89. The third-order valence-corrected chi connectivity index (χ3v) is 3.67. The van der Waals surface area contributed by atoms with Gasteiger partial charge in [-0.3, -0.25) is 4.79 Å². The second-order valence-electron chi connectivity index (χ2n) is 4.84. The van der Waals surface area contributed by atoms with Gasteiger partial charge in [-0.1, -0.05) is 28.1 Å². The number of hydrogen-bond donors (Lipinski definition) is 2. The predicted octanol–water partition coefficient (Wildman–Crippen LogP) is 4.07. The Hall–Kier alpha value is -2.32. The fourth-order valence-corrected chi connectivity index (χ4v) is 2.51. The van der Waals surface area contributed by atoms with E-state index in [0.29, 0.717) is 24.2 Å². The summed E-state index contributed by atoms with van der Waals surface area (Å²) in [4.78, 5) is 11.9. The van der Waals surface area contributed by atoms with Crippen LogP contribution in [-0.4, -0.2) is 12.5 Å². The molecule has 2 rings (SSSR count). The van der Waals surface area contributed by atoms with Gasteiger partial charge in [0.15, 0.2) is 0 Å². The van der Waals surface area contributed by atoms with Crippen LogP contribution in [0.1, 0.15) is 17.5 Å². The van der Waals surface area contributed by atoms with Gasteiger partial charge in [0.25, 0.3) is 0 Å². The van der Waals surface area contributed by atoms with Crippen LogP contribution in [0.15, 0.2) is 46.9 Å². The van der Waals surface area contributed by atoms with Crippen LogP contribution in [0.4, 0.5) is 11.4 Å². The van der Waals surface area contributed by atoms with E-state index in [0.717, 1.165) is 15.7 Å². The highest BCUT2D eigenvalue weighted by molar-refractivity contribution is 9.10. The van der Waals surface area contributed by atoms with Crippen molar-refractivity contribution in [3.63, 3.8) is 0 Å². The highest BCUT2D eigenvalue weighted by Crippen LogP contribution is 2.20. The molecule has 0 saturated carbocycles. The zero-order valence-corrected chi connectivity index (χ0v) is 13.8. The summed E-state index contributed by atoms with van der Waals surface area (Å²) in [7, 11) is 0. The largest absolute Gasteiger partial charge is 0.384 e. The van der Waals surface area contributed by atoms with E-state index in [-0.39, 0.29) is 5.91 Å². The van der Waals surface area contributed by atoms with Gasteiger partial charge in [-0.15, -0.1) is 0 Å². The van der Waals surface area contributed by atoms with Crippen LogP contribution in [0.25, 0.3) is 0 Å². The van der Waals surface area contributed by atoms with E-state index in [1.54, 1.807) is 24.3 Å². The maximum atomic E-state index is 11.9. The summed E-state index contributed by atoms with van der Waals surface area (Å²) in [6.07, 6.45) is 0.329. The number of amides is 1. The molecule has 0 saturated heterocycles. The molecule has 2 aromatic rings. The molecule has 0 atom stereocenters. The van der Waals surface area contributed by atoms with Crippen molar-refractivity contribution in [2.45, 2.75) is 13.3 Å². The van der Waals surface area contributed by atoms with E-state index < -0.39 is 0 Å². The van der Waals surface area contributed by atoms with Gasteiger partial charge in [0.1, 0.15) is 6.07 Å². The quantitative estimate of drug-likeness (QED) is 0.847. The van der Waals surface area contributed by atoms with Crippen molar-refractivity contribution in [2.24, 2.45) is 0 Å². The van der Waals surface area contributed by atoms with E-state index in [4.69, 9.17) is 5.26 Å². The van der Waals surface area contributed by atoms with Crippen molar-refractivity contribution in [3.8, 4) is 6.07 Å². The molecule has 2 N–H and O–H groups in total. The minimum Gasteiger partial charge on any atom is -0.384 e. The number of rotatable bonds is 5. The normalized spacial score (nSPS) is 9.86. The van der Waals surface area contributed by atoms with Crippen LogP contribution in [0, 0.1) is 18.3 Å². The first kappa shape index (κ1) is 16.1. The van der Waals surface area contributed by atoms with Gasteiger partial charge in [-0.2, -0.15) is 5.26 Å². The number of carbonyl (C=O) groups is 1. The second kappa shape index (κ2) is 7.62. The molecule has 0 spiro atoms. The van der Waals surface area contributed by atoms with Crippen LogP contribution in [0.5, 0.6) is 0 Å². The summed E-state index contributed by atoms with van der Waals surface area (Å²) >= 11 is 3.42. The van der Waals surface area contributed by atoms with E-state index in [2.05, 4.69) is 32.6 Å². The highest BCUT2D eigenvalue weighted by Gasteiger charge is 2.06. The Labute approximate surface area is 138 Å². The standard InChI is InChI=1S/C17H16BrN3O/c1-12-10-14(18)6-7-15(12)20-9-8-17(22)21-16-5-3-2-4-13(16)11-19/h2-7,10,20H,8-9H2,1H3,(H,21,22). The number of hydrogen-bond acceptors (Lipinski definition) is 3. The zero-order valence-electron chi connectivity index (χ0n) is 12.2. The lowest BCUT2D eigenvalue weighted by atomic mass is 10.2. The van der Waals surface area contributed by atoms with E-state index in [1.807, 2.05) is 25.1 Å². The molecule has 0 aliphatic heterocycles. The average molecular weight is 358 g/mol. The summed E-state index contributed by atoms with van der Waals surface area (Å²) in [5.41, 5.74) is 3.14. The Morgan fingerprint density at radius 1 is 1.23 bits per heavy atom. The van der Waals surface area contributed by atoms with Gasteiger partial charge in [0.05, 0.1) is 11.3 Å². The molecule has 0 unspecified atom stereocenters. The number of nitriles is 1. The van der Waals surface area contributed by atoms with Crippen LogP contribution in [0.2, 0.25) is 0 Å². The molecule has 4 nitrogen and oxygen atoms in total. The first-order chi connectivity index (χ1) is 10.6. The lowest BCUT2D eigenvalue weighted by molar-refractivity contribution is -0.115. The molecule has 0 heterocycles. The van der Waals surface area contributed by atoms with Gasteiger partial charge in [0.2, 0.25) is 5.91 Å². The number of carbonyl (C=O) groups excluding carboxylic acids is 1. The lowest BCUT2D eigenvalue weighted by Gasteiger charge is -2.10. The van der Waals surface area contributed by atoms with Crippen molar-refractivity contribution in [2.75, 3.05) is 17.2 Å². The molecule has 0 fully saturated rings. The van der Waals surface area contributed by atoms with Crippen molar-refractivity contribution < 1.29 is 4.79 Å². The smallest absolute Gasteiger partial charge is 0.226 e. The van der Waals surface area contributed by atoms with E-state index in [1.165, 1.54) is 0 Å². The van der Waals surface area contributed by atoms with E-state index >= 15 is 0 Å². The molecule has 0 bridgehead atoms. The minimum absolute atomic E-state index is 0.120. The molecule has 0 aliphatic carbocycles. The zero-order chi connectivity index (χ0) is 15.9. The molecule has 0 radical (unpaired) electrons. The SMILES string of the molecule is Cc1cc(Br)ccc1NCCC(=O)Nc1ccccc1C#N. The molecular formula is C17H16BrN3O. The maximum Gasteiger partial charge on any atom is 0.226 e. The van der Waals surface area contributed by atoms with E-state index in [9.17, 15) is 4.79 Å². The van der Waals surface area contributed by atoms with Crippen LogP contribution in [0.3, 0.4) is 0 Å². The number of aryl methyl sites for hydroxylation is 1. The highest BCUT2D eigenvalue weighted by atomic mass is 79.9. The number of para-hydroxylation sites is 1. The number of benzene rings is 2. The molecule has 0 aromatic heterocycles. The molecule has 0 aliphatic rings. The summed E-state index contributed by atoms with van der Waals surface area (Å²) in [6.45, 7) is 2.54. The number of anilines is 2. The van der Waals surface area contributed by atoms with Crippen molar-refractivity contribution in [1.29, 1.82) is 5.26 Å². The van der Waals surface area contributed by atoms with Crippen LogP contribution < -0.4 is 10.6 Å². The number of halogens is 1. The Bertz CT molecular complexity index is 722. The fourth-order valence-electron chi connectivity index (χ4n) is 2.04. The fraction of sp³-hybridized carbons (Fsp3) is 0.176. The van der Waals surface area contributed by atoms with Crippen LogP contribution in [-0.2, 0) is 4.79 Å². The van der Waals surface area contributed by atoms with Crippen molar-refractivity contribution in [1.82, 2.24) is 0 Å². The van der Waals surface area contributed by atoms with Gasteiger partial charge in [0, 0.05) is 23.1 Å². The molecule has 22 heavy (non-hydrogen) atoms. The molecule has 5 heteroatoms. The lowest BCUT2D eigenvalue weighted by Crippen LogP contribution is -2.17. The third-order valence-electron chi connectivity index (χ3n) is 3.18.